The van der Waals surface area contributed by atoms with Crippen LogP contribution in [0, 0.1) is 0 Å². The first kappa shape index (κ1) is 23.4. The fourth-order valence-electron chi connectivity index (χ4n) is 4.28. The Balaban J connectivity index is 1.34. The Morgan fingerprint density at radius 1 is 1.09 bits per heavy atom. The van der Waals surface area contributed by atoms with Crippen LogP contribution in [-0.2, 0) is 17.6 Å². The zero-order valence-electron chi connectivity index (χ0n) is 19.5. The Kier molecular flexibility index (Phi) is 7.01. The summed E-state index contributed by atoms with van der Waals surface area (Å²) in [5.74, 6) is 1.14. The number of fused-ring (bicyclic) bond motifs is 2. The minimum absolute atomic E-state index is 0.132. The second kappa shape index (κ2) is 10.5. The predicted molar refractivity (Wildman–Crippen MR) is 131 cm³/mol. The zero-order chi connectivity index (χ0) is 24.2. The molecule has 5 rings (SSSR count). The summed E-state index contributed by atoms with van der Waals surface area (Å²) in [5, 5.41) is 10.4. The van der Waals surface area contributed by atoms with Gasteiger partial charge in [-0.05, 0) is 55.9 Å². The Hall–Kier alpha value is -3.37. The monoisotopic (exact) mass is 497 g/mol. The summed E-state index contributed by atoms with van der Waals surface area (Å²) in [6, 6.07) is 7.02. The molecular formula is C25H27N3O6S. The van der Waals surface area contributed by atoms with Crippen molar-refractivity contribution in [1.29, 1.82) is 0 Å². The quantitative estimate of drug-likeness (QED) is 0.451. The molecule has 1 aromatic carbocycles. The number of nitrogens with zero attached hydrogens (tertiary/aromatic N) is 1. The topological polar surface area (TPSA) is 112 Å². The maximum Gasteiger partial charge on any atom is 0.278 e. The van der Waals surface area contributed by atoms with Crippen LogP contribution in [0.4, 0.5) is 5.00 Å². The minimum Gasteiger partial charge on any atom is -0.486 e. The molecule has 0 fully saturated rings. The lowest BCUT2D eigenvalue weighted by atomic mass is 9.95. The number of ether oxygens (including phenoxy) is 3. The first-order valence-corrected chi connectivity index (χ1v) is 12.6. The van der Waals surface area contributed by atoms with E-state index in [0.29, 0.717) is 54.2 Å². The lowest BCUT2D eigenvalue weighted by Crippen LogP contribution is -2.27. The second-order valence-electron chi connectivity index (χ2n) is 8.41. The van der Waals surface area contributed by atoms with Gasteiger partial charge in [-0.3, -0.25) is 9.59 Å². The smallest absolute Gasteiger partial charge is 0.278 e. The number of aromatic nitrogens is 1. The Bertz CT molecular complexity index is 1230. The summed E-state index contributed by atoms with van der Waals surface area (Å²) in [6.45, 7) is 2.07. The highest BCUT2D eigenvalue weighted by Crippen LogP contribution is 2.39. The number of anilines is 1. The summed E-state index contributed by atoms with van der Waals surface area (Å²) in [7, 11) is 1.63. The van der Waals surface area contributed by atoms with Crippen molar-refractivity contribution in [1.82, 2.24) is 10.5 Å². The fraction of sp³-hybridized carbons (Fsp3) is 0.400. The van der Waals surface area contributed by atoms with Crippen LogP contribution in [0.2, 0.25) is 0 Å². The molecular weight excluding hydrogens is 470 g/mol. The summed E-state index contributed by atoms with van der Waals surface area (Å²) in [4.78, 5) is 27.3. The third-order valence-corrected chi connectivity index (χ3v) is 7.21. The van der Waals surface area contributed by atoms with Crippen molar-refractivity contribution in [2.45, 2.75) is 32.1 Å². The number of rotatable bonds is 8. The maximum absolute atomic E-state index is 13.1. The van der Waals surface area contributed by atoms with Crippen LogP contribution in [0.25, 0.3) is 11.3 Å². The van der Waals surface area contributed by atoms with Crippen LogP contribution in [0.5, 0.6) is 11.5 Å². The lowest BCUT2D eigenvalue weighted by molar-refractivity contribution is 0.0948. The molecule has 2 aliphatic rings. The SMILES string of the molecule is COCCCNC(=O)c1c(NC(=O)c2cc(-c3ccc4c(c3)OCCO4)on2)sc2c1CCCC2. The van der Waals surface area contributed by atoms with Gasteiger partial charge in [0, 0.05) is 36.8 Å². The molecule has 0 saturated carbocycles. The van der Waals surface area contributed by atoms with Gasteiger partial charge in [0.15, 0.2) is 23.0 Å². The van der Waals surface area contributed by atoms with Gasteiger partial charge in [0.25, 0.3) is 11.8 Å². The van der Waals surface area contributed by atoms with E-state index < -0.39 is 5.91 Å². The van der Waals surface area contributed by atoms with Crippen LogP contribution < -0.4 is 20.1 Å². The Labute approximate surface area is 206 Å². The molecule has 3 aromatic rings. The zero-order valence-corrected chi connectivity index (χ0v) is 20.3. The first-order valence-electron chi connectivity index (χ1n) is 11.7. The molecule has 0 unspecified atom stereocenters. The molecule has 2 N–H and O–H groups in total. The van der Waals surface area contributed by atoms with Crippen LogP contribution in [0.3, 0.4) is 0 Å². The van der Waals surface area contributed by atoms with Crippen molar-refractivity contribution in [2.24, 2.45) is 0 Å². The van der Waals surface area contributed by atoms with Crippen molar-refractivity contribution >= 4 is 28.2 Å². The van der Waals surface area contributed by atoms with Gasteiger partial charge in [0.05, 0.1) is 5.56 Å². The van der Waals surface area contributed by atoms with Gasteiger partial charge in [-0.25, -0.2) is 0 Å². The summed E-state index contributed by atoms with van der Waals surface area (Å²) in [6.07, 6.45) is 4.58. The number of carbonyl (C=O) groups excluding carboxylic acids is 2. The first-order chi connectivity index (χ1) is 17.1. The molecule has 2 amide bonds. The van der Waals surface area contributed by atoms with Crippen molar-refractivity contribution in [3.63, 3.8) is 0 Å². The standard InChI is InChI=1S/C25H27N3O6S/c1-31-10-4-9-26-24(30)22-16-5-2-3-6-21(16)35-25(22)27-23(29)17-14-19(34-28-17)15-7-8-18-20(13-15)33-12-11-32-18/h7-8,13-14H,2-6,9-12H2,1H3,(H,26,30)(H,27,29). The van der Waals surface area contributed by atoms with Gasteiger partial charge in [0.2, 0.25) is 0 Å². The van der Waals surface area contributed by atoms with E-state index in [2.05, 4.69) is 15.8 Å². The number of benzene rings is 1. The highest BCUT2D eigenvalue weighted by atomic mass is 32.1. The molecule has 10 heteroatoms. The molecule has 35 heavy (non-hydrogen) atoms. The number of nitrogens with one attached hydrogen (secondary N) is 2. The normalized spacial score (nSPS) is 14.3. The van der Waals surface area contributed by atoms with E-state index in [9.17, 15) is 9.59 Å². The van der Waals surface area contributed by atoms with E-state index in [1.54, 1.807) is 25.3 Å². The summed E-state index contributed by atoms with van der Waals surface area (Å²) in [5.41, 5.74) is 2.46. The number of methoxy groups -OCH3 is 1. The van der Waals surface area contributed by atoms with Crippen LogP contribution in [0.15, 0.2) is 28.8 Å². The second-order valence-corrected chi connectivity index (χ2v) is 9.51. The molecule has 0 spiro atoms. The Morgan fingerprint density at radius 2 is 1.91 bits per heavy atom. The number of thiophene rings is 1. The Morgan fingerprint density at radius 3 is 2.77 bits per heavy atom. The van der Waals surface area contributed by atoms with Gasteiger partial charge in [-0.2, -0.15) is 0 Å². The molecule has 2 aromatic heterocycles. The third-order valence-electron chi connectivity index (χ3n) is 6.01. The molecule has 3 heterocycles. The molecule has 0 bridgehead atoms. The molecule has 0 radical (unpaired) electrons. The van der Waals surface area contributed by atoms with Gasteiger partial charge in [0.1, 0.15) is 18.2 Å². The highest BCUT2D eigenvalue weighted by Gasteiger charge is 2.27. The van der Waals surface area contributed by atoms with E-state index in [1.807, 2.05) is 6.07 Å². The van der Waals surface area contributed by atoms with Crippen molar-refractivity contribution in [3.05, 3.63) is 46.0 Å². The molecule has 9 nitrogen and oxygen atoms in total. The van der Waals surface area contributed by atoms with E-state index >= 15 is 0 Å². The van der Waals surface area contributed by atoms with Crippen LogP contribution in [-0.4, -0.2) is 50.4 Å². The molecule has 0 atom stereocenters. The number of aryl methyl sites for hydroxylation is 1. The number of hydrogen-bond donors (Lipinski definition) is 2. The average molecular weight is 498 g/mol. The van der Waals surface area contributed by atoms with Gasteiger partial charge in [-0.1, -0.05) is 5.16 Å². The molecule has 184 valence electrons. The van der Waals surface area contributed by atoms with E-state index in [1.165, 1.54) is 11.3 Å². The molecule has 0 saturated heterocycles. The van der Waals surface area contributed by atoms with E-state index in [-0.39, 0.29) is 11.6 Å². The van der Waals surface area contributed by atoms with Crippen LogP contribution >= 0.6 is 11.3 Å². The largest absolute Gasteiger partial charge is 0.486 e. The summed E-state index contributed by atoms with van der Waals surface area (Å²) >= 11 is 1.47. The van der Waals surface area contributed by atoms with Crippen LogP contribution in [0.1, 0.15) is 50.5 Å². The van der Waals surface area contributed by atoms with E-state index in [0.717, 1.165) is 48.1 Å². The van der Waals surface area contributed by atoms with Gasteiger partial charge in [-0.15, -0.1) is 11.3 Å². The lowest BCUT2D eigenvalue weighted by Gasteiger charge is -2.18. The fourth-order valence-corrected chi connectivity index (χ4v) is 5.56. The summed E-state index contributed by atoms with van der Waals surface area (Å²) < 4.78 is 21.7. The maximum atomic E-state index is 13.1. The highest BCUT2D eigenvalue weighted by molar-refractivity contribution is 7.17. The number of carbonyl (C=O) groups is 2. The number of amides is 2. The minimum atomic E-state index is -0.426. The van der Waals surface area contributed by atoms with Gasteiger partial charge >= 0.3 is 0 Å². The average Bonchev–Trinajstić information content (AvgIpc) is 3.51. The van der Waals surface area contributed by atoms with E-state index in [4.69, 9.17) is 18.7 Å². The van der Waals surface area contributed by atoms with Gasteiger partial charge < -0.3 is 29.4 Å². The van der Waals surface area contributed by atoms with Crippen molar-refractivity contribution < 1.29 is 28.3 Å². The van der Waals surface area contributed by atoms with Crippen molar-refractivity contribution in [3.8, 4) is 22.8 Å². The van der Waals surface area contributed by atoms with Crippen molar-refractivity contribution in [2.75, 3.05) is 38.8 Å². The predicted octanol–water partition coefficient (Wildman–Crippen LogP) is 4.07. The third kappa shape index (κ3) is 5.03. The molecule has 1 aliphatic heterocycles. The number of hydrogen-bond acceptors (Lipinski definition) is 8. The molecule has 1 aliphatic carbocycles.